The van der Waals surface area contributed by atoms with E-state index in [4.69, 9.17) is 4.74 Å². The van der Waals surface area contributed by atoms with E-state index >= 15 is 0 Å². The van der Waals surface area contributed by atoms with Crippen LogP contribution in [-0.2, 0) is 4.74 Å². The highest BCUT2D eigenvalue weighted by atomic mass is 16.5. The van der Waals surface area contributed by atoms with Gasteiger partial charge in [-0.05, 0) is 38.1 Å². The number of nitrogens with zero attached hydrogens (tertiary/aromatic N) is 1. The molecule has 1 N–H and O–H groups in total. The summed E-state index contributed by atoms with van der Waals surface area (Å²) in [5, 5.41) is 3.60. The molecule has 16 heavy (non-hydrogen) atoms. The molecule has 2 rings (SSSR count). The van der Waals surface area contributed by atoms with Gasteiger partial charge in [0.1, 0.15) is 0 Å². The van der Waals surface area contributed by atoms with Gasteiger partial charge in [0.2, 0.25) is 0 Å². The SMILES string of the molecule is CCC1CCN(CCOCC2CC2)CCN1. The van der Waals surface area contributed by atoms with Gasteiger partial charge in [0, 0.05) is 32.3 Å². The fourth-order valence-electron chi connectivity index (χ4n) is 2.28. The summed E-state index contributed by atoms with van der Waals surface area (Å²) >= 11 is 0. The fourth-order valence-corrected chi connectivity index (χ4v) is 2.28. The van der Waals surface area contributed by atoms with E-state index in [0.29, 0.717) is 0 Å². The standard InChI is InChI=1S/C13H26N2O/c1-2-13-5-7-15(8-6-14-13)9-10-16-11-12-3-4-12/h12-14H,2-11H2,1H3. The van der Waals surface area contributed by atoms with Gasteiger partial charge in [-0.15, -0.1) is 0 Å². The zero-order valence-electron chi connectivity index (χ0n) is 10.6. The van der Waals surface area contributed by atoms with Crippen LogP contribution in [0.4, 0.5) is 0 Å². The first-order chi connectivity index (χ1) is 7.88. The van der Waals surface area contributed by atoms with Crippen molar-refractivity contribution in [2.75, 3.05) is 39.4 Å². The third-order valence-corrected chi connectivity index (χ3v) is 3.75. The molecule has 1 aliphatic carbocycles. The molecule has 0 aromatic carbocycles. The van der Waals surface area contributed by atoms with E-state index in [2.05, 4.69) is 17.1 Å². The van der Waals surface area contributed by atoms with Crippen LogP contribution in [0.2, 0.25) is 0 Å². The van der Waals surface area contributed by atoms with Crippen molar-refractivity contribution >= 4 is 0 Å². The molecule has 1 saturated carbocycles. The highest BCUT2D eigenvalue weighted by molar-refractivity contribution is 4.74. The highest BCUT2D eigenvalue weighted by Crippen LogP contribution is 2.28. The molecule has 0 spiro atoms. The summed E-state index contributed by atoms with van der Waals surface area (Å²) in [4.78, 5) is 2.54. The van der Waals surface area contributed by atoms with Crippen molar-refractivity contribution in [1.82, 2.24) is 10.2 Å². The van der Waals surface area contributed by atoms with Gasteiger partial charge in [0.05, 0.1) is 6.61 Å². The third kappa shape index (κ3) is 4.40. The molecule has 0 bridgehead atoms. The topological polar surface area (TPSA) is 24.5 Å². The van der Waals surface area contributed by atoms with Gasteiger partial charge in [0.25, 0.3) is 0 Å². The molecule has 1 atom stereocenters. The highest BCUT2D eigenvalue weighted by Gasteiger charge is 2.21. The Hall–Kier alpha value is -0.120. The van der Waals surface area contributed by atoms with Gasteiger partial charge in [0.15, 0.2) is 0 Å². The predicted octanol–water partition coefficient (Wildman–Crippen LogP) is 1.49. The van der Waals surface area contributed by atoms with Crippen molar-refractivity contribution in [1.29, 1.82) is 0 Å². The fraction of sp³-hybridized carbons (Fsp3) is 1.00. The van der Waals surface area contributed by atoms with Crippen LogP contribution >= 0.6 is 0 Å². The largest absolute Gasteiger partial charge is 0.380 e. The van der Waals surface area contributed by atoms with E-state index in [-0.39, 0.29) is 0 Å². The molecule has 1 heterocycles. The van der Waals surface area contributed by atoms with Crippen LogP contribution in [0.15, 0.2) is 0 Å². The molecular weight excluding hydrogens is 200 g/mol. The van der Waals surface area contributed by atoms with E-state index in [0.717, 1.165) is 38.3 Å². The molecule has 3 nitrogen and oxygen atoms in total. The first-order valence-electron chi connectivity index (χ1n) is 6.92. The third-order valence-electron chi connectivity index (χ3n) is 3.75. The molecule has 1 aliphatic heterocycles. The molecule has 0 radical (unpaired) electrons. The average Bonchev–Trinajstić information content (AvgIpc) is 3.12. The van der Waals surface area contributed by atoms with E-state index in [1.807, 2.05) is 0 Å². The number of nitrogens with one attached hydrogen (secondary N) is 1. The zero-order chi connectivity index (χ0) is 11.2. The summed E-state index contributed by atoms with van der Waals surface area (Å²) in [5.74, 6) is 0.898. The molecule has 1 saturated heterocycles. The molecule has 2 fully saturated rings. The van der Waals surface area contributed by atoms with Crippen molar-refractivity contribution in [3.8, 4) is 0 Å². The van der Waals surface area contributed by atoms with Crippen LogP contribution in [0.25, 0.3) is 0 Å². The Morgan fingerprint density at radius 1 is 1.25 bits per heavy atom. The number of ether oxygens (including phenoxy) is 1. The lowest BCUT2D eigenvalue weighted by Gasteiger charge is -2.19. The maximum atomic E-state index is 5.69. The second-order valence-electron chi connectivity index (χ2n) is 5.21. The van der Waals surface area contributed by atoms with Gasteiger partial charge in [-0.2, -0.15) is 0 Å². The molecular formula is C13H26N2O. The zero-order valence-corrected chi connectivity index (χ0v) is 10.6. The van der Waals surface area contributed by atoms with Gasteiger partial charge in [-0.1, -0.05) is 6.92 Å². The lowest BCUT2D eigenvalue weighted by Crippen LogP contribution is -2.31. The minimum absolute atomic E-state index is 0.734. The average molecular weight is 226 g/mol. The van der Waals surface area contributed by atoms with Crippen LogP contribution in [0.5, 0.6) is 0 Å². The molecule has 94 valence electrons. The summed E-state index contributed by atoms with van der Waals surface area (Å²) in [6, 6.07) is 0.734. The minimum Gasteiger partial charge on any atom is -0.380 e. The van der Waals surface area contributed by atoms with Crippen molar-refractivity contribution in [3.63, 3.8) is 0 Å². The van der Waals surface area contributed by atoms with Crippen molar-refractivity contribution in [3.05, 3.63) is 0 Å². The van der Waals surface area contributed by atoms with E-state index in [9.17, 15) is 0 Å². The summed E-state index contributed by atoms with van der Waals surface area (Å²) < 4.78 is 5.69. The summed E-state index contributed by atoms with van der Waals surface area (Å²) in [6.45, 7) is 8.87. The Bertz CT molecular complexity index is 194. The predicted molar refractivity (Wildman–Crippen MR) is 66.7 cm³/mol. The number of hydrogen-bond acceptors (Lipinski definition) is 3. The van der Waals surface area contributed by atoms with E-state index < -0.39 is 0 Å². The van der Waals surface area contributed by atoms with Crippen LogP contribution in [0.1, 0.15) is 32.6 Å². The lowest BCUT2D eigenvalue weighted by atomic mass is 10.1. The van der Waals surface area contributed by atoms with Gasteiger partial charge in [-0.25, -0.2) is 0 Å². The van der Waals surface area contributed by atoms with Gasteiger partial charge < -0.3 is 10.1 Å². The quantitative estimate of drug-likeness (QED) is 0.694. The molecule has 1 unspecified atom stereocenters. The summed E-state index contributed by atoms with van der Waals surface area (Å²) in [5.41, 5.74) is 0. The molecule has 0 aromatic rings. The Morgan fingerprint density at radius 2 is 2.12 bits per heavy atom. The van der Waals surface area contributed by atoms with Crippen LogP contribution in [0.3, 0.4) is 0 Å². The van der Waals surface area contributed by atoms with Crippen molar-refractivity contribution in [2.24, 2.45) is 5.92 Å². The lowest BCUT2D eigenvalue weighted by molar-refractivity contribution is 0.0979. The molecule has 3 heteroatoms. The van der Waals surface area contributed by atoms with Crippen molar-refractivity contribution in [2.45, 2.75) is 38.6 Å². The molecule has 0 amide bonds. The Morgan fingerprint density at radius 3 is 2.88 bits per heavy atom. The Labute approximate surface area is 99.5 Å². The second-order valence-corrected chi connectivity index (χ2v) is 5.21. The van der Waals surface area contributed by atoms with E-state index in [1.165, 1.54) is 38.8 Å². The van der Waals surface area contributed by atoms with Crippen molar-refractivity contribution < 1.29 is 4.74 Å². The van der Waals surface area contributed by atoms with Crippen LogP contribution in [0, 0.1) is 5.92 Å². The maximum Gasteiger partial charge on any atom is 0.0593 e. The first-order valence-corrected chi connectivity index (χ1v) is 6.92. The Balaban J connectivity index is 1.54. The summed E-state index contributed by atoms with van der Waals surface area (Å²) in [7, 11) is 0. The summed E-state index contributed by atoms with van der Waals surface area (Å²) in [6.07, 6.45) is 5.34. The normalized spacial score (nSPS) is 27.9. The smallest absolute Gasteiger partial charge is 0.0593 e. The number of hydrogen-bond donors (Lipinski definition) is 1. The second kappa shape index (κ2) is 6.58. The molecule has 0 aromatic heterocycles. The van der Waals surface area contributed by atoms with Crippen LogP contribution < -0.4 is 5.32 Å². The molecule has 2 aliphatic rings. The van der Waals surface area contributed by atoms with Gasteiger partial charge in [-0.3, -0.25) is 4.90 Å². The first kappa shape index (κ1) is 12.3. The monoisotopic (exact) mass is 226 g/mol. The Kier molecular flexibility index (Phi) is 5.07. The maximum absolute atomic E-state index is 5.69. The minimum atomic E-state index is 0.734. The number of rotatable bonds is 6. The van der Waals surface area contributed by atoms with Crippen LogP contribution in [-0.4, -0.2) is 50.3 Å². The van der Waals surface area contributed by atoms with Gasteiger partial charge >= 0.3 is 0 Å². The van der Waals surface area contributed by atoms with E-state index in [1.54, 1.807) is 0 Å².